The summed E-state index contributed by atoms with van der Waals surface area (Å²) in [4.78, 5) is 18.5. The number of rotatable bonds is 11. The summed E-state index contributed by atoms with van der Waals surface area (Å²) in [6, 6.07) is 10.4. The third kappa shape index (κ3) is 6.00. The second kappa shape index (κ2) is 12.1. The van der Waals surface area contributed by atoms with Crippen LogP contribution in [0.2, 0.25) is 0 Å². The van der Waals surface area contributed by atoms with Crippen LogP contribution >= 0.6 is 0 Å². The molecular formula is C26H35N5O3. The van der Waals surface area contributed by atoms with E-state index in [1.54, 1.807) is 19.5 Å². The van der Waals surface area contributed by atoms with Crippen LogP contribution in [0.3, 0.4) is 0 Å². The molecule has 8 nitrogen and oxygen atoms in total. The monoisotopic (exact) mass is 465 g/mol. The summed E-state index contributed by atoms with van der Waals surface area (Å²) in [5.74, 6) is 0.496. The van der Waals surface area contributed by atoms with Gasteiger partial charge in [0.2, 0.25) is 5.88 Å². The summed E-state index contributed by atoms with van der Waals surface area (Å²) in [5, 5.41) is 0. The van der Waals surface area contributed by atoms with E-state index >= 15 is 0 Å². The average Bonchev–Trinajstić information content (AvgIpc) is 2.88. The minimum Gasteiger partial charge on any atom is -0.473 e. The molecule has 0 N–H and O–H groups in total. The largest absolute Gasteiger partial charge is 0.473 e. The molecule has 0 amide bonds. The van der Waals surface area contributed by atoms with E-state index in [0.717, 1.165) is 68.2 Å². The summed E-state index contributed by atoms with van der Waals surface area (Å²) < 4.78 is 17.4. The topological polar surface area (TPSA) is 72.8 Å². The Morgan fingerprint density at radius 2 is 1.97 bits per heavy atom. The van der Waals surface area contributed by atoms with E-state index < -0.39 is 0 Å². The Labute approximate surface area is 201 Å². The predicted molar refractivity (Wildman–Crippen MR) is 134 cm³/mol. The zero-order valence-corrected chi connectivity index (χ0v) is 20.4. The van der Waals surface area contributed by atoms with Crippen LogP contribution in [0.1, 0.15) is 20.3 Å². The van der Waals surface area contributed by atoms with E-state index in [4.69, 9.17) is 19.2 Å². The molecule has 0 unspecified atom stereocenters. The second-order valence-electron chi connectivity index (χ2n) is 8.46. The maximum absolute atomic E-state index is 6.18. The van der Waals surface area contributed by atoms with E-state index in [0.29, 0.717) is 24.6 Å². The maximum atomic E-state index is 6.18. The Hall–Kier alpha value is -2.81. The average molecular weight is 466 g/mol. The molecule has 4 rings (SSSR count). The highest BCUT2D eigenvalue weighted by Gasteiger charge is 2.21. The molecule has 1 aliphatic rings. The Bertz CT molecular complexity index is 1040. The van der Waals surface area contributed by atoms with Gasteiger partial charge in [0.05, 0.1) is 24.4 Å². The van der Waals surface area contributed by atoms with Gasteiger partial charge in [-0.15, -0.1) is 0 Å². The number of ether oxygens (including phenoxy) is 3. The molecule has 0 bridgehead atoms. The predicted octanol–water partition coefficient (Wildman–Crippen LogP) is 3.65. The minimum atomic E-state index is 0.0175. The minimum absolute atomic E-state index is 0.0175. The highest BCUT2D eigenvalue weighted by molar-refractivity contribution is 5.83. The zero-order valence-electron chi connectivity index (χ0n) is 20.4. The summed E-state index contributed by atoms with van der Waals surface area (Å²) >= 11 is 0. The van der Waals surface area contributed by atoms with Gasteiger partial charge >= 0.3 is 0 Å². The lowest BCUT2D eigenvalue weighted by molar-refractivity contribution is -0.0481. The maximum Gasteiger partial charge on any atom is 0.242 e. The van der Waals surface area contributed by atoms with Gasteiger partial charge in [0.25, 0.3) is 0 Å². The van der Waals surface area contributed by atoms with E-state index in [-0.39, 0.29) is 6.10 Å². The molecule has 0 spiro atoms. The van der Waals surface area contributed by atoms with Gasteiger partial charge in [0.15, 0.2) is 5.52 Å². The smallest absolute Gasteiger partial charge is 0.242 e. The molecule has 1 aromatic carbocycles. The van der Waals surface area contributed by atoms with Crippen LogP contribution in [0.25, 0.3) is 22.3 Å². The van der Waals surface area contributed by atoms with Crippen molar-refractivity contribution in [2.24, 2.45) is 0 Å². The first-order chi connectivity index (χ1) is 16.7. The highest BCUT2D eigenvalue weighted by Crippen LogP contribution is 2.28. The van der Waals surface area contributed by atoms with Crippen LogP contribution in [0.5, 0.6) is 5.88 Å². The van der Waals surface area contributed by atoms with Gasteiger partial charge in [-0.3, -0.25) is 9.88 Å². The van der Waals surface area contributed by atoms with Crippen molar-refractivity contribution in [1.82, 2.24) is 19.9 Å². The molecule has 1 aliphatic heterocycles. The van der Waals surface area contributed by atoms with Gasteiger partial charge in [-0.25, -0.2) is 9.97 Å². The molecule has 0 aliphatic carbocycles. The molecular weight excluding hydrogens is 430 g/mol. The Morgan fingerprint density at radius 3 is 2.74 bits per heavy atom. The van der Waals surface area contributed by atoms with Crippen LogP contribution in [0.4, 0.5) is 5.69 Å². The van der Waals surface area contributed by atoms with Crippen LogP contribution in [0, 0.1) is 0 Å². The van der Waals surface area contributed by atoms with Crippen molar-refractivity contribution < 1.29 is 14.2 Å². The van der Waals surface area contributed by atoms with Gasteiger partial charge in [0, 0.05) is 56.9 Å². The van der Waals surface area contributed by atoms with Crippen molar-refractivity contribution in [2.45, 2.75) is 26.4 Å². The molecule has 0 radical (unpaired) electrons. The normalized spacial score (nSPS) is 16.6. The molecule has 3 heterocycles. The van der Waals surface area contributed by atoms with E-state index in [1.165, 1.54) is 0 Å². The molecule has 1 saturated heterocycles. The number of benzene rings is 1. The van der Waals surface area contributed by atoms with Crippen molar-refractivity contribution in [2.75, 3.05) is 64.6 Å². The van der Waals surface area contributed by atoms with E-state index in [9.17, 15) is 0 Å². The van der Waals surface area contributed by atoms with Gasteiger partial charge in [-0.2, -0.15) is 0 Å². The lowest BCUT2D eigenvalue weighted by atomic mass is 10.1. The summed E-state index contributed by atoms with van der Waals surface area (Å²) in [7, 11) is 1.73. The van der Waals surface area contributed by atoms with Gasteiger partial charge < -0.3 is 19.1 Å². The highest BCUT2D eigenvalue weighted by atomic mass is 16.5. The number of pyridine rings is 1. The van der Waals surface area contributed by atoms with Crippen molar-refractivity contribution >= 4 is 16.7 Å². The molecule has 34 heavy (non-hydrogen) atoms. The molecule has 2 aromatic heterocycles. The fourth-order valence-corrected chi connectivity index (χ4v) is 4.28. The zero-order chi connectivity index (χ0) is 23.8. The number of aromatic nitrogens is 3. The number of anilines is 1. The molecule has 3 aromatic rings. The van der Waals surface area contributed by atoms with Crippen molar-refractivity contribution in [3.05, 3.63) is 42.7 Å². The Balaban J connectivity index is 1.54. The summed E-state index contributed by atoms with van der Waals surface area (Å²) in [6.07, 6.45) is 4.52. The third-order valence-electron chi connectivity index (χ3n) is 6.07. The first kappa shape index (κ1) is 24.3. The molecule has 182 valence electrons. The second-order valence-corrected chi connectivity index (χ2v) is 8.46. The number of likely N-dealkylation sites (N-methyl/N-ethyl adjacent to an activating group) is 1. The first-order valence-electron chi connectivity index (χ1n) is 12.1. The number of fused-ring (bicyclic) bond motifs is 1. The van der Waals surface area contributed by atoms with Gasteiger partial charge in [0.1, 0.15) is 12.7 Å². The van der Waals surface area contributed by atoms with E-state index in [1.807, 2.05) is 6.07 Å². The number of nitrogens with zero attached hydrogens (tertiary/aromatic N) is 5. The van der Waals surface area contributed by atoms with Gasteiger partial charge in [-0.05, 0) is 38.1 Å². The van der Waals surface area contributed by atoms with Crippen molar-refractivity contribution in [3.63, 3.8) is 0 Å². The third-order valence-corrected chi connectivity index (χ3v) is 6.07. The Morgan fingerprint density at radius 1 is 1.15 bits per heavy atom. The Kier molecular flexibility index (Phi) is 8.62. The van der Waals surface area contributed by atoms with Crippen LogP contribution in [-0.2, 0) is 9.47 Å². The van der Waals surface area contributed by atoms with E-state index in [2.05, 4.69) is 57.9 Å². The number of hydrogen-bond acceptors (Lipinski definition) is 8. The lowest BCUT2D eigenvalue weighted by Crippen LogP contribution is -2.45. The van der Waals surface area contributed by atoms with Gasteiger partial charge in [-0.1, -0.05) is 19.1 Å². The van der Waals surface area contributed by atoms with Crippen molar-refractivity contribution in [3.8, 4) is 17.1 Å². The number of hydrogen-bond donors (Lipinski definition) is 0. The fraction of sp³-hybridized carbons (Fsp3) is 0.500. The summed E-state index contributed by atoms with van der Waals surface area (Å²) in [6.45, 7) is 10.9. The molecule has 0 saturated carbocycles. The quantitative estimate of drug-likeness (QED) is 0.425. The van der Waals surface area contributed by atoms with Crippen LogP contribution < -0.4 is 9.64 Å². The summed E-state index contributed by atoms with van der Waals surface area (Å²) in [5.41, 5.74) is 4.41. The van der Waals surface area contributed by atoms with Crippen LogP contribution in [0.15, 0.2) is 42.7 Å². The molecule has 8 heteroatoms. The lowest BCUT2D eigenvalue weighted by Gasteiger charge is -2.32. The van der Waals surface area contributed by atoms with Crippen LogP contribution in [-0.4, -0.2) is 85.6 Å². The van der Waals surface area contributed by atoms with Crippen molar-refractivity contribution in [1.29, 1.82) is 0 Å². The fourth-order valence-electron chi connectivity index (χ4n) is 4.28. The molecule has 1 fully saturated rings. The standard InChI is InChI=1S/C26H35N5O3/c1-4-12-30-13-16-33-22(18-30)19-34-26-25-24(27-10-11-28-25)17-23(29-26)20-6-8-21(9-7-20)31(5-2)14-15-32-3/h6-11,17,22H,4-5,12-16,18-19H2,1-3H3/t22-/m0/s1. The number of methoxy groups -OCH3 is 1. The number of morpholine rings is 1. The first-order valence-corrected chi connectivity index (χ1v) is 12.1. The SMILES string of the molecule is CCCN1CCO[C@H](COc2nc(-c3ccc(N(CC)CCOC)cc3)cc3nccnc23)C1. The molecule has 1 atom stereocenters.